The fraction of sp³-hybridized carbons (Fsp3) is 0.250. The van der Waals surface area contributed by atoms with Crippen molar-refractivity contribution in [1.82, 2.24) is 0 Å². The van der Waals surface area contributed by atoms with E-state index in [1.165, 1.54) is 0 Å². The Morgan fingerprint density at radius 3 is 2.13 bits per heavy atom. The van der Waals surface area contributed by atoms with Crippen LogP contribution < -0.4 is 5.73 Å². The van der Waals surface area contributed by atoms with Gasteiger partial charge in [0.05, 0.1) is 5.02 Å². The number of amidine groups is 1. The topological polar surface area (TPSA) is 38.4 Å². The van der Waals surface area contributed by atoms with Gasteiger partial charge in [-0.3, -0.25) is 4.99 Å². The Bertz CT molecular complexity index is 295. The lowest BCUT2D eigenvalue weighted by Gasteiger charge is -2.00. The van der Waals surface area contributed by atoms with E-state index in [0.717, 1.165) is 5.56 Å². The zero-order valence-corrected chi connectivity index (χ0v) is 10.4. The minimum atomic E-state index is 0.468. The molecule has 2 N–H and O–H groups in total. The molecule has 1 aromatic rings. The van der Waals surface area contributed by atoms with Crippen LogP contribution in [0.1, 0.15) is 19.4 Å². The zero-order valence-electron chi connectivity index (χ0n) is 9.63. The molecule has 3 heteroatoms. The summed E-state index contributed by atoms with van der Waals surface area (Å²) >= 11 is 5.84. The predicted molar refractivity (Wildman–Crippen MR) is 70.7 cm³/mol. The number of aliphatic imine (C=N–C) groups is 1. The van der Waals surface area contributed by atoms with Crippen LogP contribution in [0.15, 0.2) is 42.4 Å². The molecule has 1 rings (SSSR count). The van der Waals surface area contributed by atoms with Gasteiger partial charge in [-0.15, -0.1) is 13.2 Å². The first-order chi connectivity index (χ1) is 7.25. The monoisotopic (exact) mass is 226 g/mol. The fourth-order valence-electron chi connectivity index (χ4n) is 0.789. The summed E-state index contributed by atoms with van der Waals surface area (Å²) in [6.07, 6.45) is 0. The SMILES string of the molecule is C=C.CC.CN=C(N)c1ccccc1Cl. The first kappa shape index (κ1) is 16.2. The lowest BCUT2D eigenvalue weighted by molar-refractivity contribution is 1.39. The molecule has 0 heterocycles. The summed E-state index contributed by atoms with van der Waals surface area (Å²) in [6, 6.07) is 7.35. The van der Waals surface area contributed by atoms with Crippen molar-refractivity contribution in [2.45, 2.75) is 13.8 Å². The summed E-state index contributed by atoms with van der Waals surface area (Å²) in [5.41, 5.74) is 6.35. The van der Waals surface area contributed by atoms with Crippen LogP contribution >= 0.6 is 11.6 Å². The minimum Gasteiger partial charge on any atom is -0.383 e. The van der Waals surface area contributed by atoms with Gasteiger partial charge in [0.1, 0.15) is 5.84 Å². The quantitative estimate of drug-likeness (QED) is 0.444. The Morgan fingerprint density at radius 1 is 1.27 bits per heavy atom. The normalized spacial score (nSPS) is 9.20. The predicted octanol–water partition coefficient (Wildman–Crippen LogP) is 3.50. The van der Waals surface area contributed by atoms with Crippen LogP contribution in [0.5, 0.6) is 0 Å². The molecule has 0 aromatic heterocycles. The van der Waals surface area contributed by atoms with Gasteiger partial charge in [-0.05, 0) is 12.1 Å². The average Bonchev–Trinajstić information content (AvgIpc) is 2.34. The van der Waals surface area contributed by atoms with Gasteiger partial charge >= 0.3 is 0 Å². The van der Waals surface area contributed by atoms with E-state index < -0.39 is 0 Å². The maximum absolute atomic E-state index is 5.84. The van der Waals surface area contributed by atoms with E-state index >= 15 is 0 Å². The molecule has 0 saturated carbocycles. The molecule has 0 saturated heterocycles. The third kappa shape index (κ3) is 5.92. The molecule has 2 nitrogen and oxygen atoms in total. The highest BCUT2D eigenvalue weighted by molar-refractivity contribution is 6.34. The van der Waals surface area contributed by atoms with Crippen LogP contribution in [0, 0.1) is 0 Å². The van der Waals surface area contributed by atoms with Crippen molar-refractivity contribution < 1.29 is 0 Å². The van der Waals surface area contributed by atoms with Gasteiger partial charge in [0.2, 0.25) is 0 Å². The van der Waals surface area contributed by atoms with Crippen molar-refractivity contribution in [2.75, 3.05) is 7.05 Å². The molecule has 0 radical (unpaired) electrons. The van der Waals surface area contributed by atoms with E-state index in [4.69, 9.17) is 17.3 Å². The van der Waals surface area contributed by atoms with Gasteiger partial charge in [-0.25, -0.2) is 0 Å². The summed E-state index contributed by atoms with van der Waals surface area (Å²) < 4.78 is 0. The molecule has 0 bridgehead atoms. The number of nitrogens with zero attached hydrogens (tertiary/aromatic N) is 1. The second kappa shape index (κ2) is 10.8. The van der Waals surface area contributed by atoms with Gasteiger partial charge in [0.25, 0.3) is 0 Å². The fourth-order valence-corrected chi connectivity index (χ4v) is 1.02. The highest BCUT2D eigenvalue weighted by Gasteiger charge is 2.00. The Morgan fingerprint density at radius 2 is 1.73 bits per heavy atom. The molecule has 1 aromatic carbocycles. The molecular weight excluding hydrogens is 208 g/mol. The van der Waals surface area contributed by atoms with Crippen LogP contribution in [-0.4, -0.2) is 12.9 Å². The maximum Gasteiger partial charge on any atom is 0.126 e. The van der Waals surface area contributed by atoms with Gasteiger partial charge < -0.3 is 5.73 Å². The van der Waals surface area contributed by atoms with Crippen molar-refractivity contribution in [3.63, 3.8) is 0 Å². The lowest BCUT2D eigenvalue weighted by Crippen LogP contribution is -2.13. The number of halogens is 1. The molecule has 0 aliphatic heterocycles. The number of hydrogen-bond acceptors (Lipinski definition) is 1. The number of hydrogen-bond donors (Lipinski definition) is 1. The van der Waals surface area contributed by atoms with Gasteiger partial charge in [-0.2, -0.15) is 0 Å². The average molecular weight is 227 g/mol. The van der Waals surface area contributed by atoms with Crippen LogP contribution in [0.25, 0.3) is 0 Å². The molecule has 0 atom stereocenters. The van der Waals surface area contributed by atoms with Crippen LogP contribution in [0.2, 0.25) is 5.02 Å². The van der Waals surface area contributed by atoms with Crippen molar-refractivity contribution >= 4 is 17.4 Å². The third-order valence-corrected chi connectivity index (χ3v) is 1.72. The summed E-state index contributed by atoms with van der Waals surface area (Å²) in [5, 5.41) is 0.635. The van der Waals surface area contributed by atoms with E-state index in [2.05, 4.69) is 18.2 Å². The van der Waals surface area contributed by atoms with E-state index in [1.54, 1.807) is 13.1 Å². The van der Waals surface area contributed by atoms with Gasteiger partial charge in [0, 0.05) is 12.6 Å². The first-order valence-electron chi connectivity index (χ1n) is 4.73. The zero-order chi connectivity index (χ0) is 12.3. The number of benzene rings is 1. The van der Waals surface area contributed by atoms with Crippen LogP contribution in [-0.2, 0) is 0 Å². The van der Waals surface area contributed by atoms with E-state index in [-0.39, 0.29) is 0 Å². The lowest BCUT2D eigenvalue weighted by atomic mass is 10.2. The van der Waals surface area contributed by atoms with Crippen molar-refractivity contribution in [3.8, 4) is 0 Å². The molecule has 0 amide bonds. The van der Waals surface area contributed by atoms with Gasteiger partial charge in [0.15, 0.2) is 0 Å². The molecule has 0 aliphatic rings. The standard InChI is InChI=1S/C8H9ClN2.C2H6.C2H4/c1-11-8(10)6-4-2-3-5-7(6)9;2*1-2/h2-5H,1H3,(H2,10,11);1-2H3;1-2H2. The van der Waals surface area contributed by atoms with E-state index in [0.29, 0.717) is 10.9 Å². The molecule has 15 heavy (non-hydrogen) atoms. The summed E-state index contributed by atoms with van der Waals surface area (Å²) in [7, 11) is 1.64. The molecule has 0 aliphatic carbocycles. The summed E-state index contributed by atoms with van der Waals surface area (Å²) in [4.78, 5) is 3.83. The molecule has 0 unspecified atom stereocenters. The largest absolute Gasteiger partial charge is 0.383 e. The Labute approximate surface area is 97.5 Å². The smallest absolute Gasteiger partial charge is 0.126 e. The van der Waals surface area contributed by atoms with Crippen molar-refractivity contribution in [2.24, 2.45) is 10.7 Å². The summed E-state index contributed by atoms with van der Waals surface area (Å²) in [6.45, 7) is 10.0. The highest BCUT2D eigenvalue weighted by atomic mass is 35.5. The second-order valence-corrected chi connectivity index (χ2v) is 2.50. The molecule has 84 valence electrons. The highest BCUT2D eigenvalue weighted by Crippen LogP contribution is 2.13. The Kier molecular flexibility index (Phi) is 11.6. The van der Waals surface area contributed by atoms with Gasteiger partial charge in [-0.1, -0.05) is 37.6 Å². The number of nitrogens with two attached hydrogens (primary N) is 1. The van der Waals surface area contributed by atoms with Crippen molar-refractivity contribution in [3.05, 3.63) is 48.0 Å². The van der Waals surface area contributed by atoms with Crippen LogP contribution in [0.4, 0.5) is 0 Å². The Hall–Kier alpha value is -1.28. The minimum absolute atomic E-state index is 0.468. The number of rotatable bonds is 1. The third-order valence-electron chi connectivity index (χ3n) is 1.39. The van der Waals surface area contributed by atoms with E-state index in [1.807, 2.05) is 32.0 Å². The first-order valence-corrected chi connectivity index (χ1v) is 5.10. The van der Waals surface area contributed by atoms with Crippen LogP contribution in [0.3, 0.4) is 0 Å². The van der Waals surface area contributed by atoms with E-state index in [9.17, 15) is 0 Å². The molecule has 0 spiro atoms. The Balaban J connectivity index is 0. The second-order valence-electron chi connectivity index (χ2n) is 2.09. The maximum atomic E-state index is 5.84. The van der Waals surface area contributed by atoms with Crippen molar-refractivity contribution in [1.29, 1.82) is 0 Å². The summed E-state index contributed by atoms with van der Waals surface area (Å²) in [5.74, 6) is 0.468. The molecule has 0 fully saturated rings. The molecular formula is C12H19ClN2.